The van der Waals surface area contributed by atoms with Gasteiger partial charge in [0, 0.05) is 5.57 Å². The molecule has 0 amide bonds. The Bertz CT molecular complexity index is 538. The summed E-state index contributed by atoms with van der Waals surface area (Å²) in [7, 11) is 0. The van der Waals surface area contributed by atoms with E-state index in [1.807, 2.05) is 0 Å². The third-order valence-corrected chi connectivity index (χ3v) is 5.90. The van der Waals surface area contributed by atoms with Crippen LogP contribution < -0.4 is 5.32 Å². The normalized spacial score (nSPS) is 27.8. The van der Waals surface area contributed by atoms with Crippen LogP contribution in [-0.2, 0) is 4.74 Å². The van der Waals surface area contributed by atoms with Crippen LogP contribution >= 0.6 is 0 Å². The lowest BCUT2D eigenvalue weighted by atomic mass is 9.86. The van der Waals surface area contributed by atoms with Gasteiger partial charge in [-0.1, -0.05) is 25.0 Å². The fourth-order valence-electron chi connectivity index (χ4n) is 4.38. The molecule has 0 aromatic carbocycles. The Kier molecular flexibility index (Phi) is 6.85. The minimum atomic E-state index is -4.24. The molecule has 0 bridgehead atoms. The Morgan fingerprint density at radius 1 is 1.08 bits per heavy atom. The quantitative estimate of drug-likeness (QED) is 0.630. The number of nitrogens with one attached hydrogen (secondary N) is 1. The number of halogens is 3. The summed E-state index contributed by atoms with van der Waals surface area (Å²) >= 11 is 0. The number of piperidine rings is 1. The Balaban J connectivity index is 1.64. The first kappa shape index (κ1) is 19.5. The van der Waals surface area contributed by atoms with E-state index in [1.165, 1.54) is 44.6 Å². The maximum absolute atomic E-state index is 12.9. The molecule has 3 aliphatic rings. The smallest absolute Gasteiger partial charge is 0.412 e. The number of ether oxygens (including phenoxy) is 1. The van der Waals surface area contributed by atoms with Crippen molar-refractivity contribution in [2.24, 2.45) is 11.8 Å². The van der Waals surface area contributed by atoms with Crippen LogP contribution in [0, 0.1) is 11.8 Å². The zero-order valence-corrected chi connectivity index (χ0v) is 15.4. The second-order valence-corrected chi connectivity index (χ2v) is 7.81. The Morgan fingerprint density at radius 2 is 1.81 bits per heavy atom. The number of alkyl halides is 3. The molecule has 1 heterocycles. The van der Waals surface area contributed by atoms with Crippen LogP contribution in [0.2, 0.25) is 0 Å². The molecule has 2 nitrogen and oxygen atoms in total. The second-order valence-electron chi connectivity index (χ2n) is 7.81. The van der Waals surface area contributed by atoms with Gasteiger partial charge in [0.1, 0.15) is 11.9 Å². The molecule has 1 atom stereocenters. The van der Waals surface area contributed by atoms with Crippen molar-refractivity contribution in [3.63, 3.8) is 0 Å². The molecule has 146 valence electrons. The van der Waals surface area contributed by atoms with E-state index in [0.717, 1.165) is 25.3 Å². The molecule has 1 saturated carbocycles. The van der Waals surface area contributed by atoms with Crippen LogP contribution in [0.25, 0.3) is 0 Å². The molecule has 0 aromatic rings. The van der Waals surface area contributed by atoms with E-state index in [9.17, 15) is 13.2 Å². The minimum Gasteiger partial charge on any atom is -0.490 e. The summed E-state index contributed by atoms with van der Waals surface area (Å²) in [5.41, 5.74) is -0.467. The molecule has 1 saturated heterocycles. The monoisotopic (exact) mass is 369 g/mol. The van der Waals surface area contributed by atoms with Gasteiger partial charge in [-0.15, -0.1) is 0 Å². The van der Waals surface area contributed by atoms with Crippen molar-refractivity contribution in [2.45, 2.75) is 70.1 Å². The molecule has 3 rings (SSSR count). The van der Waals surface area contributed by atoms with Gasteiger partial charge in [0.15, 0.2) is 0 Å². The maximum atomic E-state index is 12.9. The number of hydrogen-bond donors (Lipinski definition) is 1. The summed E-state index contributed by atoms with van der Waals surface area (Å²) in [6, 6.07) is 0. The van der Waals surface area contributed by atoms with Crippen LogP contribution in [0.15, 0.2) is 35.6 Å². The van der Waals surface area contributed by atoms with Crippen molar-refractivity contribution in [1.29, 1.82) is 0 Å². The highest BCUT2D eigenvalue weighted by Crippen LogP contribution is 2.36. The lowest BCUT2D eigenvalue weighted by Gasteiger charge is -2.31. The van der Waals surface area contributed by atoms with Crippen molar-refractivity contribution in [2.75, 3.05) is 13.1 Å². The highest BCUT2D eigenvalue weighted by atomic mass is 19.4. The molecule has 2 fully saturated rings. The van der Waals surface area contributed by atoms with Gasteiger partial charge >= 0.3 is 6.18 Å². The van der Waals surface area contributed by atoms with Crippen LogP contribution in [0.3, 0.4) is 0 Å². The van der Waals surface area contributed by atoms with E-state index in [4.69, 9.17) is 4.74 Å². The molecule has 0 spiro atoms. The highest BCUT2D eigenvalue weighted by molar-refractivity contribution is 5.23. The number of allylic oxidation sites excluding steroid dienone is 5. The van der Waals surface area contributed by atoms with Crippen molar-refractivity contribution in [3.8, 4) is 0 Å². The van der Waals surface area contributed by atoms with Crippen LogP contribution in [0.5, 0.6) is 0 Å². The summed E-state index contributed by atoms with van der Waals surface area (Å²) in [5.74, 6) is 2.02. The van der Waals surface area contributed by atoms with Gasteiger partial charge in [0.05, 0.1) is 0 Å². The lowest BCUT2D eigenvalue weighted by molar-refractivity contribution is -0.0931. The fraction of sp³-hybridized carbons (Fsp3) is 0.714. The van der Waals surface area contributed by atoms with Crippen LogP contribution in [-0.4, -0.2) is 25.4 Å². The van der Waals surface area contributed by atoms with Crippen molar-refractivity contribution in [1.82, 2.24) is 5.32 Å². The molecule has 0 aromatic heterocycles. The van der Waals surface area contributed by atoms with E-state index >= 15 is 0 Å². The fourth-order valence-corrected chi connectivity index (χ4v) is 4.38. The van der Waals surface area contributed by atoms with Crippen molar-refractivity contribution >= 4 is 0 Å². The molecular weight excluding hydrogens is 339 g/mol. The van der Waals surface area contributed by atoms with Crippen molar-refractivity contribution < 1.29 is 17.9 Å². The van der Waals surface area contributed by atoms with Crippen LogP contribution in [0.1, 0.15) is 57.8 Å². The van der Waals surface area contributed by atoms with E-state index < -0.39 is 11.7 Å². The van der Waals surface area contributed by atoms with Crippen molar-refractivity contribution in [3.05, 3.63) is 35.6 Å². The van der Waals surface area contributed by atoms with Gasteiger partial charge in [-0.05, 0) is 82.0 Å². The molecule has 26 heavy (non-hydrogen) atoms. The third kappa shape index (κ3) is 5.63. The molecule has 5 heteroatoms. The minimum absolute atomic E-state index is 0.0768. The first-order chi connectivity index (χ1) is 12.5. The first-order valence-corrected chi connectivity index (χ1v) is 10.0. The lowest BCUT2D eigenvalue weighted by Crippen LogP contribution is -2.32. The van der Waals surface area contributed by atoms with E-state index in [2.05, 4.69) is 5.32 Å². The van der Waals surface area contributed by atoms with Gasteiger partial charge in [-0.2, -0.15) is 13.2 Å². The summed E-state index contributed by atoms with van der Waals surface area (Å²) in [4.78, 5) is 0. The maximum Gasteiger partial charge on any atom is 0.412 e. The van der Waals surface area contributed by atoms with E-state index in [1.54, 1.807) is 18.2 Å². The topological polar surface area (TPSA) is 21.3 Å². The van der Waals surface area contributed by atoms with E-state index in [-0.39, 0.29) is 18.9 Å². The van der Waals surface area contributed by atoms with E-state index in [0.29, 0.717) is 11.8 Å². The SMILES string of the molecule is FC(F)(F)C1=CC/C=C(OC(CC2CCNCC2)C2CCCC2)\C=C/C1. The second kappa shape index (κ2) is 9.12. The van der Waals surface area contributed by atoms with Crippen LogP contribution in [0.4, 0.5) is 13.2 Å². The zero-order chi connectivity index (χ0) is 18.4. The predicted molar refractivity (Wildman–Crippen MR) is 97.6 cm³/mol. The van der Waals surface area contributed by atoms with Gasteiger partial charge < -0.3 is 10.1 Å². The Labute approximate surface area is 154 Å². The molecule has 1 unspecified atom stereocenters. The number of rotatable bonds is 5. The third-order valence-electron chi connectivity index (χ3n) is 5.90. The molecular formula is C21H30F3NO. The van der Waals surface area contributed by atoms with Gasteiger partial charge in [-0.25, -0.2) is 0 Å². The molecule has 1 aliphatic heterocycles. The standard InChI is InChI=1S/C21H30F3NO/c22-21(23,24)18-7-3-9-19(10-4-8-18)26-20(17-5-1-2-6-17)15-16-11-13-25-14-12-16/h3,8-10,16-17,20,25H,1-2,4-7,11-15H2/b9-3-,18-8?,19-10+. The van der Waals surface area contributed by atoms with Gasteiger partial charge in [0.2, 0.25) is 0 Å². The average Bonchev–Trinajstić information content (AvgIpc) is 3.10. The highest BCUT2D eigenvalue weighted by Gasteiger charge is 2.33. The summed E-state index contributed by atoms with van der Waals surface area (Å²) in [5, 5.41) is 3.41. The summed E-state index contributed by atoms with van der Waals surface area (Å²) in [6.45, 7) is 2.16. The molecule has 2 aliphatic carbocycles. The molecule has 1 N–H and O–H groups in total. The predicted octanol–water partition coefficient (Wildman–Crippen LogP) is 5.67. The van der Waals surface area contributed by atoms with Gasteiger partial charge in [-0.3, -0.25) is 0 Å². The van der Waals surface area contributed by atoms with Gasteiger partial charge in [0.25, 0.3) is 0 Å². The largest absolute Gasteiger partial charge is 0.490 e. The molecule has 0 radical (unpaired) electrons. The first-order valence-electron chi connectivity index (χ1n) is 10.0. The Morgan fingerprint density at radius 3 is 2.50 bits per heavy atom. The summed E-state index contributed by atoms with van der Waals surface area (Å²) < 4.78 is 45.0. The number of hydrogen-bond acceptors (Lipinski definition) is 2. The average molecular weight is 369 g/mol. The Hall–Kier alpha value is -1.23. The summed E-state index contributed by atoms with van der Waals surface area (Å²) in [6.07, 6.45) is 11.0. The zero-order valence-electron chi connectivity index (χ0n) is 15.4.